The van der Waals surface area contributed by atoms with Gasteiger partial charge < -0.3 is 14.7 Å². The van der Waals surface area contributed by atoms with E-state index >= 15 is 0 Å². The molecule has 0 radical (unpaired) electrons. The SMILES string of the molecule is CC(C)(C)OC(=O)N1CCC(O)(Cc2ccccc2)C1. The molecule has 0 saturated carbocycles. The molecule has 1 aliphatic rings. The highest BCUT2D eigenvalue weighted by Gasteiger charge is 2.39. The number of rotatable bonds is 2. The summed E-state index contributed by atoms with van der Waals surface area (Å²) in [5.74, 6) is 0. The van der Waals surface area contributed by atoms with Gasteiger partial charge in [-0.3, -0.25) is 0 Å². The Bertz CT molecular complexity index is 466. The first kappa shape index (κ1) is 14.9. The third-order valence-corrected chi connectivity index (χ3v) is 3.36. The lowest BCUT2D eigenvalue weighted by molar-refractivity contribution is 0.0153. The second kappa shape index (κ2) is 5.44. The zero-order valence-corrected chi connectivity index (χ0v) is 12.4. The quantitative estimate of drug-likeness (QED) is 0.904. The van der Waals surface area contributed by atoms with Gasteiger partial charge in [0.1, 0.15) is 5.60 Å². The maximum Gasteiger partial charge on any atom is 0.410 e. The largest absolute Gasteiger partial charge is 0.444 e. The van der Waals surface area contributed by atoms with E-state index in [-0.39, 0.29) is 6.09 Å². The molecule has 1 fully saturated rings. The summed E-state index contributed by atoms with van der Waals surface area (Å²) in [6.45, 7) is 6.40. The van der Waals surface area contributed by atoms with Gasteiger partial charge in [-0.25, -0.2) is 4.79 Å². The number of amides is 1. The van der Waals surface area contributed by atoms with Gasteiger partial charge in [0.05, 0.1) is 12.1 Å². The Morgan fingerprint density at radius 2 is 2.00 bits per heavy atom. The predicted octanol–water partition coefficient (Wildman–Crippen LogP) is 2.60. The second-order valence-electron chi connectivity index (χ2n) is 6.54. The summed E-state index contributed by atoms with van der Waals surface area (Å²) in [5.41, 5.74) is -0.267. The Hall–Kier alpha value is -1.55. The lowest BCUT2D eigenvalue weighted by Gasteiger charge is -2.26. The Balaban J connectivity index is 1.95. The van der Waals surface area contributed by atoms with Gasteiger partial charge >= 0.3 is 6.09 Å². The monoisotopic (exact) mass is 277 g/mol. The lowest BCUT2D eigenvalue weighted by atomic mass is 9.94. The fraction of sp³-hybridized carbons (Fsp3) is 0.562. The van der Waals surface area contributed by atoms with Crippen LogP contribution in [0.5, 0.6) is 0 Å². The van der Waals surface area contributed by atoms with Crippen LogP contribution in [0.4, 0.5) is 4.79 Å². The fourth-order valence-electron chi connectivity index (χ4n) is 2.46. The molecule has 0 aliphatic carbocycles. The second-order valence-corrected chi connectivity index (χ2v) is 6.54. The van der Waals surface area contributed by atoms with Crippen molar-refractivity contribution in [3.63, 3.8) is 0 Å². The molecule has 1 heterocycles. The number of aliphatic hydroxyl groups is 1. The smallest absolute Gasteiger partial charge is 0.410 e. The van der Waals surface area contributed by atoms with Crippen molar-refractivity contribution in [1.29, 1.82) is 0 Å². The van der Waals surface area contributed by atoms with Crippen LogP contribution in [-0.2, 0) is 11.2 Å². The maximum absolute atomic E-state index is 12.0. The van der Waals surface area contributed by atoms with Crippen LogP contribution < -0.4 is 0 Å². The summed E-state index contributed by atoms with van der Waals surface area (Å²) in [4.78, 5) is 13.6. The van der Waals surface area contributed by atoms with Crippen molar-refractivity contribution in [2.75, 3.05) is 13.1 Å². The number of β-amino-alcohol motifs (C(OH)–C–C–N with tert-alkyl or cyclic N) is 1. The molecule has 1 aromatic rings. The summed E-state index contributed by atoms with van der Waals surface area (Å²) in [6, 6.07) is 9.86. The highest BCUT2D eigenvalue weighted by molar-refractivity contribution is 5.68. The number of carbonyl (C=O) groups excluding carboxylic acids is 1. The number of ether oxygens (including phenoxy) is 1. The molecule has 0 bridgehead atoms. The number of benzene rings is 1. The van der Waals surface area contributed by atoms with Gasteiger partial charge in [0.25, 0.3) is 0 Å². The maximum atomic E-state index is 12.0. The van der Waals surface area contributed by atoms with E-state index in [0.29, 0.717) is 25.9 Å². The van der Waals surface area contributed by atoms with E-state index in [0.717, 1.165) is 5.56 Å². The summed E-state index contributed by atoms with van der Waals surface area (Å²) >= 11 is 0. The van der Waals surface area contributed by atoms with Gasteiger partial charge in [-0.2, -0.15) is 0 Å². The van der Waals surface area contributed by atoms with E-state index in [1.807, 2.05) is 51.1 Å². The fourth-order valence-corrected chi connectivity index (χ4v) is 2.46. The van der Waals surface area contributed by atoms with Crippen LogP contribution in [0.25, 0.3) is 0 Å². The summed E-state index contributed by atoms with van der Waals surface area (Å²) in [7, 11) is 0. The third kappa shape index (κ3) is 3.97. The van der Waals surface area contributed by atoms with Crippen molar-refractivity contribution >= 4 is 6.09 Å². The topological polar surface area (TPSA) is 49.8 Å². The summed E-state index contributed by atoms with van der Waals surface area (Å²) in [5, 5.41) is 10.6. The average molecular weight is 277 g/mol. The number of carbonyl (C=O) groups is 1. The third-order valence-electron chi connectivity index (χ3n) is 3.36. The average Bonchev–Trinajstić information content (AvgIpc) is 2.71. The standard InChI is InChI=1S/C16H23NO3/c1-15(2,3)20-14(18)17-10-9-16(19,12-17)11-13-7-5-4-6-8-13/h4-8,19H,9-12H2,1-3H3. The van der Waals surface area contributed by atoms with Crippen LogP contribution in [-0.4, -0.2) is 40.4 Å². The Morgan fingerprint density at radius 1 is 1.35 bits per heavy atom. The van der Waals surface area contributed by atoms with Crippen LogP contribution in [0.15, 0.2) is 30.3 Å². The van der Waals surface area contributed by atoms with Crippen molar-refractivity contribution in [3.05, 3.63) is 35.9 Å². The molecule has 1 amide bonds. The minimum absolute atomic E-state index is 0.330. The van der Waals surface area contributed by atoms with E-state index in [1.165, 1.54) is 0 Å². The molecule has 20 heavy (non-hydrogen) atoms. The van der Waals surface area contributed by atoms with E-state index in [1.54, 1.807) is 4.90 Å². The van der Waals surface area contributed by atoms with Crippen molar-refractivity contribution in [1.82, 2.24) is 4.90 Å². The van der Waals surface area contributed by atoms with Crippen LogP contribution in [0.2, 0.25) is 0 Å². The van der Waals surface area contributed by atoms with Gasteiger partial charge in [-0.05, 0) is 32.8 Å². The van der Waals surface area contributed by atoms with E-state index in [2.05, 4.69) is 0 Å². The first-order chi connectivity index (χ1) is 9.27. The van der Waals surface area contributed by atoms with Crippen molar-refractivity contribution in [2.45, 2.75) is 44.8 Å². The van der Waals surface area contributed by atoms with Crippen LogP contribution in [0.3, 0.4) is 0 Å². The first-order valence-electron chi connectivity index (χ1n) is 7.02. The van der Waals surface area contributed by atoms with Crippen LogP contribution in [0.1, 0.15) is 32.8 Å². The molecule has 0 aromatic heterocycles. The zero-order chi connectivity index (χ0) is 14.8. The van der Waals surface area contributed by atoms with Gasteiger partial charge in [-0.15, -0.1) is 0 Å². The molecule has 1 aliphatic heterocycles. The lowest BCUT2D eigenvalue weighted by Crippen LogP contribution is -2.40. The molecule has 4 heteroatoms. The normalized spacial score (nSPS) is 22.9. The molecule has 2 rings (SSSR count). The Morgan fingerprint density at radius 3 is 2.60 bits per heavy atom. The van der Waals surface area contributed by atoms with E-state index < -0.39 is 11.2 Å². The molecule has 1 N–H and O–H groups in total. The molecular weight excluding hydrogens is 254 g/mol. The Kier molecular flexibility index (Phi) is 4.04. The number of nitrogens with zero attached hydrogens (tertiary/aromatic N) is 1. The van der Waals surface area contributed by atoms with Gasteiger partial charge in [-0.1, -0.05) is 30.3 Å². The Labute approximate surface area is 120 Å². The number of hydrogen-bond acceptors (Lipinski definition) is 3. The molecule has 1 saturated heterocycles. The van der Waals surface area contributed by atoms with Crippen molar-refractivity contribution in [2.24, 2.45) is 0 Å². The number of hydrogen-bond donors (Lipinski definition) is 1. The van der Waals surface area contributed by atoms with Gasteiger partial charge in [0, 0.05) is 13.0 Å². The van der Waals surface area contributed by atoms with Crippen LogP contribution >= 0.6 is 0 Å². The molecule has 1 aromatic carbocycles. The predicted molar refractivity (Wildman–Crippen MR) is 77.5 cm³/mol. The van der Waals surface area contributed by atoms with E-state index in [9.17, 15) is 9.90 Å². The minimum atomic E-state index is -0.849. The molecule has 1 unspecified atom stereocenters. The molecular formula is C16H23NO3. The van der Waals surface area contributed by atoms with E-state index in [4.69, 9.17) is 4.74 Å². The highest BCUT2D eigenvalue weighted by Crippen LogP contribution is 2.26. The van der Waals surface area contributed by atoms with Crippen molar-refractivity contribution in [3.8, 4) is 0 Å². The van der Waals surface area contributed by atoms with Gasteiger partial charge in [0.15, 0.2) is 0 Å². The van der Waals surface area contributed by atoms with Crippen LogP contribution in [0, 0.1) is 0 Å². The van der Waals surface area contributed by atoms with Gasteiger partial charge in [0.2, 0.25) is 0 Å². The minimum Gasteiger partial charge on any atom is -0.444 e. The first-order valence-corrected chi connectivity index (χ1v) is 7.02. The molecule has 1 atom stereocenters. The molecule has 0 spiro atoms. The zero-order valence-electron chi connectivity index (χ0n) is 12.4. The number of likely N-dealkylation sites (tertiary alicyclic amines) is 1. The highest BCUT2D eigenvalue weighted by atomic mass is 16.6. The molecule has 110 valence electrons. The molecule has 4 nitrogen and oxygen atoms in total. The summed E-state index contributed by atoms with van der Waals surface area (Å²) in [6.07, 6.45) is 0.801. The summed E-state index contributed by atoms with van der Waals surface area (Å²) < 4.78 is 5.34. The van der Waals surface area contributed by atoms with Crippen molar-refractivity contribution < 1.29 is 14.6 Å².